The number of unbranched alkanes of at least 4 members (excludes halogenated alkanes) is 16. The first-order chi connectivity index (χ1) is 15.9. The van der Waals surface area contributed by atoms with Gasteiger partial charge in [0.05, 0.1) is 0 Å². The van der Waals surface area contributed by atoms with Crippen LogP contribution < -0.4 is 11.5 Å². The van der Waals surface area contributed by atoms with Crippen LogP contribution in [0, 0.1) is 0 Å². The molecule has 0 radical (unpaired) electrons. The summed E-state index contributed by atoms with van der Waals surface area (Å²) in [5, 5.41) is 0. The fraction of sp³-hybridized carbons (Fsp3) is 0.793. The Balaban J connectivity index is 2.11. The van der Waals surface area contributed by atoms with Crippen LogP contribution in [-0.4, -0.2) is 31.1 Å². The first-order valence-electron chi connectivity index (χ1n) is 14.0. The third kappa shape index (κ3) is 18.7. The maximum absolute atomic E-state index is 5.57. The molecule has 0 aliphatic rings. The molecule has 0 bridgehead atoms. The Morgan fingerprint density at radius 1 is 0.438 bits per heavy atom. The molecule has 0 saturated heterocycles. The summed E-state index contributed by atoms with van der Waals surface area (Å²) in [6.45, 7) is 5.34. The molecule has 0 aliphatic heterocycles. The fourth-order valence-electron chi connectivity index (χ4n) is 4.55. The summed E-state index contributed by atoms with van der Waals surface area (Å²) in [5.41, 5.74) is 12.6. The van der Waals surface area contributed by atoms with Gasteiger partial charge in [0.1, 0.15) is 0 Å². The van der Waals surface area contributed by atoms with Gasteiger partial charge in [0.25, 0.3) is 0 Å². The van der Waals surface area contributed by atoms with Crippen LogP contribution in [0.4, 0.5) is 0 Å². The lowest BCUT2D eigenvalue weighted by Gasteiger charge is -2.22. The van der Waals surface area contributed by atoms with Crippen LogP contribution in [-0.2, 0) is 6.54 Å². The van der Waals surface area contributed by atoms with Crippen LogP contribution in [0.1, 0.15) is 121 Å². The lowest BCUT2D eigenvalue weighted by Crippen LogP contribution is -2.25. The Morgan fingerprint density at radius 3 is 1.16 bits per heavy atom. The molecule has 1 aromatic carbocycles. The van der Waals surface area contributed by atoms with Gasteiger partial charge in [-0.25, -0.2) is 0 Å². The molecule has 1 rings (SSSR count). The van der Waals surface area contributed by atoms with Crippen molar-refractivity contribution in [3.8, 4) is 0 Å². The van der Waals surface area contributed by atoms with Gasteiger partial charge < -0.3 is 11.5 Å². The van der Waals surface area contributed by atoms with Gasteiger partial charge >= 0.3 is 0 Å². The second-order valence-corrected chi connectivity index (χ2v) is 9.70. The number of benzene rings is 1. The highest BCUT2D eigenvalue weighted by Crippen LogP contribution is 2.13. The number of nitrogens with zero attached hydrogens (tertiary/aromatic N) is 1. The lowest BCUT2D eigenvalue weighted by atomic mass is 10.1. The molecule has 0 unspecified atom stereocenters. The van der Waals surface area contributed by atoms with E-state index in [1.165, 1.54) is 134 Å². The average Bonchev–Trinajstić information content (AvgIpc) is 2.82. The smallest absolute Gasteiger partial charge is 0.0233 e. The van der Waals surface area contributed by atoms with E-state index in [2.05, 4.69) is 35.2 Å². The summed E-state index contributed by atoms with van der Waals surface area (Å²) in [6.07, 6.45) is 24.5. The van der Waals surface area contributed by atoms with Gasteiger partial charge in [0, 0.05) is 6.54 Å². The van der Waals surface area contributed by atoms with Gasteiger partial charge in [-0.2, -0.15) is 0 Å². The van der Waals surface area contributed by atoms with Crippen molar-refractivity contribution in [1.29, 1.82) is 0 Å². The Bertz CT molecular complexity index is 453. The SMILES string of the molecule is NCCCCCCCCCCCN(CCCCCCCCCCCN)Cc1ccccc1. The first-order valence-corrected chi connectivity index (χ1v) is 14.0. The van der Waals surface area contributed by atoms with E-state index in [0.717, 1.165) is 19.6 Å². The number of hydrogen-bond acceptors (Lipinski definition) is 3. The highest BCUT2D eigenvalue weighted by Gasteiger charge is 2.06. The largest absolute Gasteiger partial charge is 0.330 e. The Morgan fingerprint density at radius 2 is 0.781 bits per heavy atom. The van der Waals surface area contributed by atoms with Crippen LogP contribution in [0.2, 0.25) is 0 Å². The van der Waals surface area contributed by atoms with Crippen molar-refractivity contribution in [2.24, 2.45) is 11.5 Å². The van der Waals surface area contributed by atoms with E-state index in [9.17, 15) is 0 Å². The van der Waals surface area contributed by atoms with Crippen LogP contribution in [0.3, 0.4) is 0 Å². The zero-order chi connectivity index (χ0) is 23.0. The van der Waals surface area contributed by atoms with Crippen molar-refractivity contribution in [2.75, 3.05) is 26.2 Å². The summed E-state index contributed by atoms with van der Waals surface area (Å²) < 4.78 is 0. The van der Waals surface area contributed by atoms with E-state index >= 15 is 0 Å². The summed E-state index contributed by atoms with van der Waals surface area (Å²) >= 11 is 0. The minimum Gasteiger partial charge on any atom is -0.330 e. The van der Waals surface area contributed by atoms with Crippen LogP contribution >= 0.6 is 0 Å². The highest BCUT2D eigenvalue weighted by molar-refractivity contribution is 5.14. The maximum atomic E-state index is 5.57. The van der Waals surface area contributed by atoms with Gasteiger partial charge in [-0.1, -0.05) is 120 Å². The zero-order valence-electron chi connectivity index (χ0n) is 21.3. The quantitative estimate of drug-likeness (QED) is 0.163. The molecule has 32 heavy (non-hydrogen) atoms. The molecule has 4 N–H and O–H groups in total. The molecule has 0 atom stereocenters. The van der Waals surface area contributed by atoms with E-state index in [4.69, 9.17) is 11.5 Å². The molecule has 0 fully saturated rings. The van der Waals surface area contributed by atoms with Crippen molar-refractivity contribution in [1.82, 2.24) is 4.90 Å². The lowest BCUT2D eigenvalue weighted by molar-refractivity contribution is 0.252. The van der Waals surface area contributed by atoms with Gasteiger partial charge in [0.2, 0.25) is 0 Å². The van der Waals surface area contributed by atoms with Gasteiger partial charge in [-0.3, -0.25) is 4.90 Å². The monoisotopic (exact) mass is 445 g/mol. The van der Waals surface area contributed by atoms with E-state index in [0.29, 0.717) is 0 Å². The Labute approximate surface area is 200 Å². The summed E-state index contributed by atoms with van der Waals surface area (Å²) in [6, 6.07) is 11.0. The van der Waals surface area contributed by atoms with Gasteiger partial charge in [-0.05, 0) is 57.4 Å². The number of rotatable bonds is 24. The van der Waals surface area contributed by atoms with Crippen molar-refractivity contribution in [3.63, 3.8) is 0 Å². The third-order valence-electron chi connectivity index (χ3n) is 6.61. The predicted molar refractivity (Wildman–Crippen MR) is 143 cm³/mol. The van der Waals surface area contributed by atoms with E-state index < -0.39 is 0 Å². The molecule has 3 nitrogen and oxygen atoms in total. The van der Waals surface area contributed by atoms with E-state index in [1.54, 1.807) is 0 Å². The van der Waals surface area contributed by atoms with Gasteiger partial charge in [0.15, 0.2) is 0 Å². The third-order valence-corrected chi connectivity index (χ3v) is 6.61. The summed E-state index contributed by atoms with van der Waals surface area (Å²) in [5.74, 6) is 0. The summed E-state index contributed by atoms with van der Waals surface area (Å²) in [4.78, 5) is 2.70. The minimum absolute atomic E-state index is 0.856. The molecule has 0 amide bonds. The van der Waals surface area contributed by atoms with Crippen molar-refractivity contribution in [2.45, 2.75) is 122 Å². The molecule has 186 valence electrons. The normalized spacial score (nSPS) is 11.5. The van der Waals surface area contributed by atoms with Crippen LogP contribution in [0.15, 0.2) is 30.3 Å². The molecule has 1 aromatic rings. The molecule has 0 heterocycles. The van der Waals surface area contributed by atoms with E-state index in [1.807, 2.05) is 0 Å². The predicted octanol–water partition coefficient (Wildman–Crippen LogP) is 7.43. The van der Waals surface area contributed by atoms with Crippen LogP contribution in [0.5, 0.6) is 0 Å². The topological polar surface area (TPSA) is 55.3 Å². The molecule has 0 aliphatic carbocycles. The average molecular weight is 446 g/mol. The van der Waals surface area contributed by atoms with Crippen molar-refractivity contribution in [3.05, 3.63) is 35.9 Å². The van der Waals surface area contributed by atoms with Gasteiger partial charge in [-0.15, -0.1) is 0 Å². The highest BCUT2D eigenvalue weighted by atomic mass is 15.1. The molecule has 3 heteroatoms. The Hall–Kier alpha value is -0.900. The first kappa shape index (κ1) is 29.1. The van der Waals surface area contributed by atoms with Crippen LogP contribution in [0.25, 0.3) is 0 Å². The molecule has 0 saturated carbocycles. The standard InChI is InChI=1S/C29H55N3/c30-24-18-11-7-3-1-5-9-13-20-26-32(28-29-22-16-15-17-23-29)27-21-14-10-6-2-4-8-12-19-25-31/h15-17,22-23H,1-14,18-21,24-28,30-31H2. The second-order valence-electron chi connectivity index (χ2n) is 9.70. The number of nitrogens with two attached hydrogens (primary N) is 2. The maximum Gasteiger partial charge on any atom is 0.0233 e. The molecule has 0 aromatic heterocycles. The number of hydrogen-bond donors (Lipinski definition) is 2. The molecular formula is C29H55N3. The van der Waals surface area contributed by atoms with Crippen molar-refractivity contribution < 1.29 is 0 Å². The zero-order valence-corrected chi connectivity index (χ0v) is 21.3. The Kier molecular flexibility index (Phi) is 21.2. The van der Waals surface area contributed by atoms with Crippen molar-refractivity contribution >= 4 is 0 Å². The minimum atomic E-state index is 0.856. The summed E-state index contributed by atoms with van der Waals surface area (Å²) in [7, 11) is 0. The fourth-order valence-corrected chi connectivity index (χ4v) is 4.55. The van der Waals surface area contributed by atoms with E-state index in [-0.39, 0.29) is 0 Å². The molecular weight excluding hydrogens is 390 g/mol. The second kappa shape index (κ2) is 23.3. The molecule has 0 spiro atoms.